The molecule has 0 radical (unpaired) electrons. The summed E-state index contributed by atoms with van der Waals surface area (Å²) in [6.45, 7) is 0. The molecule has 17 heavy (non-hydrogen) atoms. The predicted molar refractivity (Wildman–Crippen MR) is 66.1 cm³/mol. The van der Waals surface area contributed by atoms with Crippen LogP contribution in [0.1, 0.15) is 31.4 Å². The van der Waals surface area contributed by atoms with Crippen molar-refractivity contribution in [2.24, 2.45) is 5.73 Å². The molecule has 0 atom stereocenters. The minimum absolute atomic E-state index is 0.119. The van der Waals surface area contributed by atoms with E-state index in [2.05, 4.69) is 4.98 Å². The molecule has 1 aliphatic carbocycles. The Balaban J connectivity index is 2.00. The zero-order chi connectivity index (χ0) is 12.0. The Labute approximate surface area is 99.7 Å². The van der Waals surface area contributed by atoms with E-state index in [9.17, 15) is 0 Å². The van der Waals surface area contributed by atoms with E-state index in [1.807, 2.05) is 10.6 Å². The largest absolute Gasteiger partial charge is 0.384 e. The van der Waals surface area contributed by atoms with Gasteiger partial charge in [-0.3, -0.25) is 0 Å². The first-order chi connectivity index (χ1) is 8.12. The molecule has 0 amide bonds. The van der Waals surface area contributed by atoms with E-state index in [0.29, 0.717) is 17.3 Å². The van der Waals surface area contributed by atoms with Crippen LogP contribution in [-0.4, -0.2) is 26.8 Å². The van der Waals surface area contributed by atoms with Crippen LogP contribution < -0.4 is 11.5 Å². The van der Waals surface area contributed by atoms with E-state index in [1.165, 1.54) is 0 Å². The smallest absolute Gasteiger partial charge is 0.281 e. The molecule has 0 unspecified atom stereocenters. The van der Waals surface area contributed by atoms with Crippen molar-refractivity contribution in [2.45, 2.75) is 31.2 Å². The number of nitrogens with one attached hydrogen (secondary N) is 1. The van der Waals surface area contributed by atoms with Crippen molar-refractivity contribution in [2.75, 3.05) is 5.73 Å². The number of pyridine rings is 1. The lowest BCUT2D eigenvalue weighted by molar-refractivity contribution is -0.463. The molecule has 0 saturated heterocycles. The molecule has 0 bridgehead atoms. The van der Waals surface area contributed by atoms with Crippen LogP contribution >= 0.6 is 0 Å². The zero-order valence-corrected chi connectivity index (χ0v) is 9.61. The van der Waals surface area contributed by atoms with Gasteiger partial charge in [0, 0.05) is 6.42 Å². The van der Waals surface area contributed by atoms with Crippen molar-refractivity contribution in [3.63, 3.8) is 0 Å². The Hall–Kier alpha value is -1.91. The number of nitrogens with two attached hydrogens (primary N) is 2. The Morgan fingerprint density at radius 1 is 1.29 bits per heavy atom. The maximum absolute atomic E-state index is 8.26. The van der Waals surface area contributed by atoms with Gasteiger partial charge in [-0.2, -0.15) is 5.41 Å². The summed E-state index contributed by atoms with van der Waals surface area (Å²) in [7, 11) is 0. The molecule has 0 aromatic carbocycles. The van der Waals surface area contributed by atoms with E-state index >= 15 is 0 Å². The van der Waals surface area contributed by atoms with E-state index in [0.717, 1.165) is 31.5 Å². The molecule has 1 fully saturated rings. The highest BCUT2D eigenvalue weighted by Gasteiger charge is 2.54. The highest BCUT2D eigenvalue weighted by Crippen LogP contribution is 2.46. The summed E-state index contributed by atoms with van der Waals surface area (Å²) in [6, 6.07) is 5.35. The van der Waals surface area contributed by atoms with Gasteiger partial charge in [0.05, 0.1) is 5.54 Å². The van der Waals surface area contributed by atoms with E-state index in [-0.39, 0.29) is 5.54 Å². The highest BCUT2D eigenvalue weighted by atomic mass is 15.2. The molecule has 3 rings (SSSR count). The average molecular weight is 230 g/mol. The van der Waals surface area contributed by atoms with Gasteiger partial charge in [-0.25, -0.2) is 9.56 Å². The SMILES string of the molecule is N=C(c1cccc(N)n1)[N+]1=C(N)CCC12CC2. The zero-order valence-electron chi connectivity index (χ0n) is 9.61. The lowest BCUT2D eigenvalue weighted by Gasteiger charge is -2.12. The van der Waals surface area contributed by atoms with Gasteiger partial charge < -0.3 is 11.5 Å². The summed E-state index contributed by atoms with van der Waals surface area (Å²) in [5.41, 5.74) is 12.4. The minimum Gasteiger partial charge on any atom is -0.384 e. The summed E-state index contributed by atoms with van der Waals surface area (Å²) in [6.07, 6.45) is 4.19. The number of nitrogen functional groups attached to an aromatic ring is 1. The fourth-order valence-corrected chi connectivity index (χ4v) is 2.59. The Bertz CT molecular complexity index is 527. The summed E-state index contributed by atoms with van der Waals surface area (Å²) in [5, 5.41) is 8.26. The minimum atomic E-state index is 0.119. The number of aromatic nitrogens is 1. The molecule has 88 valence electrons. The highest BCUT2D eigenvalue weighted by molar-refractivity contribution is 5.94. The van der Waals surface area contributed by atoms with E-state index in [4.69, 9.17) is 16.9 Å². The van der Waals surface area contributed by atoms with Crippen LogP contribution in [0.5, 0.6) is 0 Å². The van der Waals surface area contributed by atoms with Crippen LogP contribution in [0.3, 0.4) is 0 Å². The molecule has 5 N–H and O–H groups in total. The third-order valence-corrected chi connectivity index (χ3v) is 3.67. The predicted octanol–water partition coefficient (Wildman–Crippen LogP) is 0.685. The van der Waals surface area contributed by atoms with Crippen molar-refractivity contribution in [1.82, 2.24) is 4.98 Å². The second-order valence-corrected chi connectivity index (χ2v) is 4.85. The number of anilines is 1. The summed E-state index contributed by atoms with van der Waals surface area (Å²) in [4.78, 5) is 4.19. The van der Waals surface area contributed by atoms with Gasteiger partial charge in [0.25, 0.3) is 5.84 Å². The van der Waals surface area contributed by atoms with Crippen LogP contribution in [0.25, 0.3) is 0 Å². The second-order valence-electron chi connectivity index (χ2n) is 4.85. The molecule has 1 aromatic rings. The van der Waals surface area contributed by atoms with E-state index < -0.39 is 0 Å². The van der Waals surface area contributed by atoms with Gasteiger partial charge in [0.15, 0.2) is 5.84 Å². The fraction of sp³-hybridized carbons (Fsp3) is 0.417. The topological polar surface area (TPSA) is 91.8 Å². The molecule has 2 aliphatic rings. The van der Waals surface area contributed by atoms with Crippen LogP contribution in [0.4, 0.5) is 5.82 Å². The van der Waals surface area contributed by atoms with Crippen molar-refractivity contribution < 1.29 is 4.58 Å². The van der Waals surface area contributed by atoms with Crippen molar-refractivity contribution in [1.29, 1.82) is 5.41 Å². The molecular formula is C12H16N5+. The lowest BCUT2D eigenvalue weighted by Crippen LogP contribution is -2.36. The molecule has 1 aliphatic heterocycles. The standard InChI is InChI=1S/C12H15N5/c13-9-3-1-2-8(16-9)11(15)17-10(14)4-5-12(17)6-7-12/h1-3,14-15H,4-7H2,(H2,13,16)/p+1. The van der Waals surface area contributed by atoms with Gasteiger partial charge in [0.1, 0.15) is 11.5 Å². The molecule has 2 heterocycles. The number of hydrogen-bond donors (Lipinski definition) is 3. The van der Waals surface area contributed by atoms with Crippen molar-refractivity contribution >= 4 is 17.5 Å². The first-order valence-corrected chi connectivity index (χ1v) is 5.85. The second kappa shape index (κ2) is 3.29. The van der Waals surface area contributed by atoms with Gasteiger partial charge in [-0.15, -0.1) is 0 Å². The van der Waals surface area contributed by atoms with Crippen molar-refractivity contribution in [3.8, 4) is 0 Å². The molecule has 1 aromatic heterocycles. The van der Waals surface area contributed by atoms with Crippen LogP contribution in [0, 0.1) is 5.41 Å². The summed E-state index contributed by atoms with van der Waals surface area (Å²) < 4.78 is 1.95. The normalized spacial score (nSPS) is 20.9. The quantitative estimate of drug-likeness (QED) is 0.376. The van der Waals surface area contributed by atoms with Gasteiger partial charge >= 0.3 is 0 Å². The third kappa shape index (κ3) is 1.50. The molecule has 5 heteroatoms. The molecule has 1 saturated carbocycles. The van der Waals surface area contributed by atoms with Gasteiger partial charge in [-0.05, 0) is 31.4 Å². The lowest BCUT2D eigenvalue weighted by atomic mass is 10.2. The molecule has 1 spiro atoms. The molecular weight excluding hydrogens is 214 g/mol. The van der Waals surface area contributed by atoms with Crippen molar-refractivity contribution in [3.05, 3.63) is 23.9 Å². The summed E-state index contributed by atoms with van der Waals surface area (Å²) >= 11 is 0. The Morgan fingerprint density at radius 2 is 2.06 bits per heavy atom. The van der Waals surface area contributed by atoms with Gasteiger partial charge in [0.2, 0.25) is 0 Å². The van der Waals surface area contributed by atoms with Gasteiger partial charge in [-0.1, -0.05) is 6.07 Å². The summed E-state index contributed by atoms with van der Waals surface area (Å²) in [5.74, 6) is 1.61. The average Bonchev–Trinajstić information content (AvgIpc) is 3.00. The number of hydrogen-bond acceptors (Lipinski definition) is 4. The Morgan fingerprint density at radius 3 is 2.71 bits per heavy atom. The first-order valence-electron chi connectivity index (χ1n) is 5.85. The maximum atomic E-state index is 8.26. The fourth-order valence-electron chi connectivity index (χ4n) is 2.59. The van der Waals surface area contributed by atoms with Crippen LogP contribution in [-0.2, 0) is 0 Å². The monoisotopic (exact) mass is 230 g/mol. The Kier molecular flexibility index (Phi) is 1.98. The van der Waals surface area contributed by atoms with E-state index in [1.54, 1.807) is 12.1 Å². The van der Waals surface area contributed by atoms with Crippen LogP contribution in [0.2, 0.25) is 0 Å². The maximum Gasteiger partial charge on any atom is 0.281 e. The number of amidine groups is 2. The first kappa shape index (κ1) is 10.3. The number of nitrogens with zero attached hydrogens (tertiary/aromatic N) is 2. The number of rotatable bonds is 1. The molecule has 5 nitrogen and oxygen atoms in total. The van der Waals surface area contributed by atoms with Crippen LogP contribution in [0.15, 0.2) is 18.2 Å². The third-order valence-electron chi connectivity index (χ3n) is 3.67.